The van der Waals surface area contributed by atoms with Crippen molar-refractivity contribution < 1.29 is 9.47 Å². The molecular formula is C16H25NO2. The van der Waals surface area contributed by atoms with Gasteiger partial charge in [0.05, 0.1) is 14.2 Å². The Bertz CT molecular complexity index is 431. The van der Waals surface area contributed by atoms with Crippen LogP contribution in [0.4, 0.5) is 0 Å². The first-order valence-corrected chi connectivity index (χ1v) is 7.12. The zero-order chi connectivity index (χ0) is 13.8. The largest absolute Gasteiger partial charge is 0.493 e. The third kappa shape index (κ3) is 3.03. The average Bonchev–Trinajstić information content (AvgIpc) is 2.41. The van der Waals surface area contributed by atoms with Gasteiger partial charge < -0.3 is 14.4 Å². The molecule has 19 heavy (non-hydrogen) atoms. The van der Waals surface area contributed by atoms with Gasteiger partial charge in [0.2, 0.25) is 0 Å². The molecule has 3 nitrogen and oxygen atoms in total. The summed E-state index contributed by atoms with van der Waals surface area (Å²) in [5.74, 6) is 2.35. The molecule has 0 saturated heterocycles. The van der Waals surface area contributed by atoms with Gasteiger partial charge in [-0.2, -0.15) is 0 Å². The topological polar surface area (TPSA) is 21.7 Å². The van der Waals surface area contributed by atoms with Crippen LogP contribution < -0.4 is 9.47 Å². The molecule has 1 aromatic carbocycles. The number of methoxy groups -OCH3 is 2. The van der Waals surface area contributed by atoms with Crippen molar-refractivity contribution in [3.8, 4) is 11.5 Å². The molecule has 106 valence electrons. The second kappa shape index (κ2) is 6.29. The predicted molar refractivity (Wildman–Crippen MR) is 78.4 cm³/mol. The number of benzene rings is 1. The lowest BCUT2D eigenvalue weighted by atomic mass is 9.77. The van der Waals surface area contributed by atoms with Gasteiger partial charge in [0.15, 0.2) is 11.5 Å². The van der Waals surface area contributed by atoms with Crippen LogP contribution in [0.15, 0.2) is 12.1 Å². The molecule has 1 aliphatic carbocycles. The van der Waals surface area contributed by atoms with Crippen LogP contribution in [0.25, 0.3) is 0 Å². The third-order valence-corrected chi connectivity index (χ3v) is 3.98. The van der Waals surface area contributed by atoms with Gasteiger partial charge in [0.1, 0.15) is 0 Å². The number of fused-ring (bicyclic) bond motifs is 1. The van der Waals surface area contributed by atoms with Crippen LogP contribution in [0, 0.1) is 0 Å². The molecule has 0 heterocycles. The molecule has 0 unspecified atom stereocenters. The summed E-state index contributed by atoms with van der Waals surface area (Å²) in [4.78, 5) is 2.44. The molecule has 1 aliphatic rings. The Morgan fingerprint density at radius 1 is 1.21 bits per heavy atom. The monoisotopic (exact) mass is 263 g/mol. The third-order valence-electron chi connectivity index (χ3n) is 3.98. The van der Waals surface area contributed by atoms with Crippen LogP contribution in [0.1, 0.15) is 36.8 Å². The molecule has 0 spiro atoms. The summed E-state index contributed by atoms with van der Waals surface area (Å²) in [7, 11) is 5.61. The summed E-state index contributed by atoms with van der Waals surface area (Å²) >= 11 is 0. The minimum absolute atomic E-state index is 0.650. The number of ether oxygens (including phenoxy) is 2. The molecule has 0 radical (unpaired) electrons. The molecule has 0 N–H and O–H groups in total. The van der Waals surface area contributed by atoms with Crippen molar-refractivity contribution in [2.75, 3.05) is 34.4 Å². The first-order valence-electron chi connectivity index (χ1n) is 7.12. The van der Waals surface area contributed by atoms with Crippen LogP contribution in [0.5, 0.6) is 11.5 Å². The maximum Gasteiger partial charge on any atom is 0.161 e. The van der Waals surface area contributed by atoms with Gasteiger partial charge in [-0.3, -0.25) is 0 Å². The number of likely N-dealkylation sites (N-methyl/N-ethyl adjacent to an activating group) is 1. The van der Waals surface area contributed by atoms with Crippen LogP contribution in [-0.4, -0.2) is 39.3 Å². The second-order valence-electron chi connectivity index (χ2n) is 5.42. The summed E-state index contributed by atoms with van der Waals surface area (Å²) < 4.78 is 10.7. The van der Waals surface area contributed by atoms with Crippen LogP contribution in [-0.2, 0) is 6.42 Å². The lowest BCUT2D eigenvalue weighted by Crippen LogP contribution is -2.31. The molecule has 3 heteroatoms. The van der Waals surface area contributed by atoms with E-state index in [-0.39, 0.29) is 0 Å². The Hall–Kier alpha value is -1.22. The van der Waals surface area contributed by atoms with E-state index in [1.165, 1.54) is 30.5 Å². The summed E-state index contributed by atoms with van der Waals surface area (Å²) in [6.45, 7) is 4.57. The number of unbranched alkanes of at least 4 members (excludes halogenated alkanes) is 1. The van der Waals surface area contributed by atoms with E-state index >= 15 is 0 Å². The summed E-state index contributed by atoms with van der Waals surface area (Å²) in [6, 6.07) is 4.27. The second-order valence-corrected chi connectivity index (χ2v) is 5.42. The van der Waals surface area contributed by atoms with E-state index in [1.54, 1.807) is 14.2 Å². The minimum Gasteiger partial charge on any atom is -0.493 e. The Kier molecular flexibility index (Phi) is 4.70. The van der Waals surface area contributed by atoms with Gasteiger partial charge in [0.25, 0.3) is 0 Å². The summed E-state index contributed by atoms with van der Waals surface area (Å²) in [6.07, 6.45) is 3.70. The standard InChI is InChI=1S/C16H25NO2/c1-5-6-7-17(2)11-13-8-12-9-15(18-3)16(19-4)10-14(12)13/h9-10,13H,5-8,11H2,1-4H3/t13-/m1/s1. The van der Waals surface area contributed by atoms with Crippen LogP contribution >= 0.6 is 0 Å². The molecular weight excluding hydrogens is 238 g/mol. The van der Waals surface area contributed by atoms with Crippen molar-refractivity contribution in [1.82, 2.24) is 4.90 Å². The Labute approximate surface area is 116 Å². The quantitative estimate of drug-likeness (QED) is 0.754. The maximum atomic E-state index is 5.39. The fraction of sp³-hybridized carbons (Fsp3) is 0.625. The van der Waals surface area contributed by atoms with Gasteiger partial charge in [-0.15, -0.1) is 0 Å². The van der Waals surface area contributed by atoms with Crippen molar-refractivity contribution in [2.45, 2.75) is 32.1 Å². The van der Waals surface area contributed by atoms with Crippen molar-refractivity contribution in [3.05, 3.63) is 23.3 Å². The zero-order valence-electron chi connectivity index (χ0n) is 12.5. The molecule has 0 saturated carbocycles. The molecule has 0 bridgehead atoms. The Morgan fingerprint density at radius 2 is 1.89 bits per heavy atom. The van der Waals surface area contributed by atoms with E-state index in [1.807, 2.05) is 0 Å². The highest BCUT2D eigenvalue weighted by Crippen LogP contribution is 2.42. The maximum absolute atomic E-state index is 5.39. The lowest BCUT2D eigenvalue weighted by molar-refractivity contribution is 0.292. The van der Waals surface area contributed by atoms with Crippen molar-refractivity contribution in [1.29, 1.82) is 0 Å². The highest BCUT2D eigenvalue weighted by atomic mass is 16.5. The number of nitrogens with zero attached hydrogens (tertiary/aromatic N) is 1. The minimum atomic E-state index is 0.650. The Morgan fingerprint density at radius 3 is 2.53 bits per heavy atom. The van der Waals surface area contributed by atoms with Crippen molar-refractivity contribution in [3.63, 3.8) is 0 Å². The highest BCUT2D eigenvalue weighted by molar-refractivity contribution is 5.53. The first-order chi connectivity index (χ1) is 9.19. The molecule has 0 fully saturated rings. The average molecular weight is 263 g/mol. The molecule has 0 aromatic heterocycles. The molecule has 1 aromatic rings. The summed E-state index contributed by atoms with van der Waals surface area (Å²) in [5.41, 5.74) is 2.84. The number of hydrogen-bond donors (Lipinski definition) is 0. The highest BCUT2D eigenvalue weighted by Gasteiger charge is 2.29. The Balaban J connectivity index is 2.02. The van der Waals surface area contributed by atoms with Crippen molar-refractivity contribution >= 4 is 0 Å². The predicted octanol–water partition coefficient (Wildman–Crippen LogP) is 3.08. The molecule has 1 atom stereocenters. The van der Waals surface area contributed by atoms with E-state index in [0.717, 1.165) is 24.5 Å². The molecule has 0 aliphatic heterocycles. The molecule has 2 rings (SSSR count). The fourth-order valence-corrected chi connectivity index (χ4v) is 2.80. The van der Waals surface area contributed by atoms with Crippen molar-refractivity contribution in [2.24, 2.45) is 0 Å². The van der Waals surface area contributed by atoms with E-state index in [0.29, 0.717) is 5.92 Å². The number of rotatable bonds is 7. The summed E-state index contributed by atoms with van der Waals surface area (Å²) in [5, 5.41) is 0. The first kappa shape index (κ1) is 14.2. The van der Waals surface area contributed by atoms with Gasteiger partial charge in [-0.05, 0) is 49.7 Å². The van der Waals surface area contributed by atoms with Gasteiger partial charge in [-0.1, -0.05) is 13.3 Å². The zero-order valence-corrected chi connectivity index (χ0v) is 12.5. The SMILES string of the molecule is CCCCN(C)C[C@H]1Cc2cc(OC)c(OC)cc21. The van der Waals surface area contributed by atoms with E-state index in [9.17, 15) is 0 Å². The smallest absolute Gasteiger partial charge is 0.161 e. The van der Waals surface area contributed by atoms with Gasteiger partial charge in [0, 0.05) is 12.5 Å². The number of hydrogen-bond acceptors (Lipinski definition) is 3. The van der Waals surface area contributed by atoms with Crippen LogP contribution in [0.2, 0.25) is 0 Å². The van der Waals surface area contributed by atoms with E-state index in [2.05, 4.69) is 31.0 Å². The molecule has 0 amide bonds. The van der Waals surface area contributed by atoms with Gasteiger partial charge in [-0.25, -0.2) is 0 Å². The van der Waals surface area contributed by atoms with E-state index < -0.39 is 0 Å². The lowest BCUT2D eigenvalue weighted by Gasteiger charge is -2.34. The van der Waals surface area contributed by atoms with Gasteiger partial charge >= 0.3 is 0 Å². The fourth-order valence-electron chi connectivity index (χ4n) is 2.80. The van der Waals surface area contributed by atoms with E-state index in [4.69, 9.17) is 9.47 Å². The van der Waals surface area contributed by atoms with Crippen LogP contribution in [0.3, 0.4) is 0 Å². The normalized spacial score (nSPS) is 17.0.